The molecule has 1 amide bonds. The van der Waals surface area contributed by atoms with Crippen LogP contribution in [0.4, 0.5) is 9.70 Å². The quantitative estimate of drug-likeness (QED) is 0.689. The number of pyridine rings is 1. The van der Waals surface area contributed by atoms with E-state index in [0.29, 0.717) is 40.3 Å². The van der Waals surface area contributed by atoms with E-state index in [9.17, 15) is 8.68 Å². The summed E-state index contributed by atoms with van der Waals surface area (Å²) in [6.45, 7) is 0. The second kappa shape index (κ2) is 6.79. The Hall–Kier alpha value is -2.74. The van der Waals surface area contributed by atoms with E-state index in [1.807, 2.05) is 6.07 Å². The zero-order valence-corrected chi connectivity index (χ0v) is 13.8. The van der Waals surface area contributed by atoms with E-state index < -0.39 is 0 Å². The van der Waals surface area contributed by atoms with Crippen molar-refractivity contribution in [2.75, 3.05) is 19.5 Å². The first-order chi connectivity index (χ1) is 11.7. The minimum atomic E-state index is 0.0239. The third kappa shape index (κ3) is 2.65. The van der Waals surface area contributed by atoms with Gasteiger partial charge in [0, 0.05) is 17.1 Å². The van der Waals surface area contributed by atoms with Gasteiger partial charge in [0.15, 0.2) is 18.0 Å². The van der Waals surface area contributed by atoms with Crippen molar-refractivity contribution >= 4 is 35.6 Å². The van der Waals surface area contributed by atoms with Gasteiger partial charge in [0.1, 0.15) is 17.3 Å². The lowest BCUT2D eigenvalue weighted by Crippen LogP contribution is -1.97. The Morgan fingerprint density at radius 1 is 1.21 bits per heavy atom. The van der Waals surface area contributed by atoms with E-state index in [1.165, 1.54) is 3.97 Å². The number of carbonyl (C=O) groups is 1. The van der Waals surface area contributed by atoms with Gasteiger partial charge in [0.05, 0.1) is 19.8 Å². The molecule has 0 aliphatic heterocycles. The highest BCUT2D eigenvalue weighted by Crippen LogP contribution is 2.43. The van der Waals surface area contributed by atoms with Crippen LogP contribution in [0.5, 0.6) is 11.5 Å². The van der Waals surface area contributed by atoms with Crippen molar-refractivity contribution in [1.82, 2.24) is 8.96 Å². The van der Waals surface area contributed by atoms with Crippen LogP contribution in [-0.2, 0) is 4.79 Å². The fourth-order valence-corrected chi connectivity index (χ4v) is 2.93. The van der Waals surface area contributed by atoms with Crippen LogP contribution in [0.3, 0.4) is 0 Å². The Morgan fingerprint density at radius 3 is 2.50 bits per heavy atom. The zero-order chi connectivity index (χ0) is 17.1. The van der Waals surface area contributed by atoms with Crippen molar-refractivity contribution in [2.45, 2.75) is 0 Å². The summed E-state index contributed by atoms with van der Waals surface area (Å²) < 4.78 is 25.5. The van der Waals surface area contributed by atoms with Crippen LogP contribution in [0.25, 0.3) is 22.2 Å². The molecule has 2 heterocycles. The van der Waals surface area contributed by atoms with E-state index in [4.69, 9.17) is 9.47 Å². The van der Waals surface area contributed by atoms with Gasteiger partial charge < -0.3 is 14.8 Å². The molecular formula is C16H14FN3O3S. The van der Waals surface area contributed by atoms with Gasteiger partial charge in [-0.2, -0.15) is 0 Å². The average Bonchev–Trinajstić information content (AvgIpc) is 2.98. The maximum Gasteiger partial charge on any atom is 0.212 e. The number of hydrogen-bond donors (Lipinski definition) is 1. The predicted molar refractivity (Wildman–Crippen MR) is 92.1 cm³/mol. The fourth-order valence-electron chi connectivity index (χ4n) is 2.58. The smallest absolute Gasteiger partial charge is 0.212 e. The minimum Gasteiger partial charge on any atom is -0.496 e. The molecule has 3 rings (SSSR count). The molecule has 0 fully saturated rings. The summed E-state index contributed by atoms with van der Waals surface area (Å²) in [4.78, 5) is 14.9. The molecule has 3 aromatic rings. The Kier molecular flexibility index (Phi) is 4.57. The second-order valence-corrected chi connectivity index (χ2v) is 5.34. The Balaban J connectivity index is 2.30. The van der Waals surface area contributed by atoms with E-state index in [2.05, 4.69) is 10.3 Å². The van der Waals surface area contributed by atoms with Gasteiger partial charge in [0.25, 0.3) is 0 Å². The first-order valence-electron chi connectivity index (χ1n) is 6.96. The largest absolute Gasteiger partial charge is 0.496 e. The van der Waals surface area contributed by atoms with E-state index in [1.54, 1.807) is 44.7 Å². The number of fused-ring (bicyclic) bond motifs is 1. The number of methoxy groups -OCH3 is 2. The normalized spacial score (nSPS) is 10.6. The monoisotopic (exact) mass is 347 g/mol. The Morgan fingerprint density at radius 2 is 1.92 bits per heavy atom. The van der Waals surface area contributed by atoms with Gasteiger partial charge in [-0.3, -0.25) is 4.79 Å². The van der Waals surface area contributed by atoms with Crippen molar-refractivity contribution in [3.05, 3.63) is 36.5 Å². The van der Waals surface area contributed by atoms with Gasteiger partial charge in [-0.05, 0) is 24.3 Å². The summed E-state index contributed by atoms with van der Waals surface area (Å²) in [5, 5.41) is 3.17. The molecule has 0 radical (unpaired) electrons. The zero-order valence-electron chi connectivity index (χ0n) is 12.9. The highest BCUT2D eigenvalue weighted by Gasteiger charge is 2.19. The van der Waals surface area contributed by atoms with E-state index in [0.717, 1.165) is 5.56 Å². The number of amides is 1. The second-order valence-electron chi connectivity index (χ2n) is 4.80. The minimum absolute atomic E-state index is 0.0239. The van der Waals surface area contributed by atoms with Gasteiger partial charge in [-0.1, -0.05) is 6.07 Å². The van der Waals surface area contributed by atoms with Crippen LogP contribution < -0.4 is 14.8 Å². The molecule has 1 N–H and O–H groups in total. The lowest BCUT2D eigenvalue weighted by molar-refractivity contribution is -0.105. The molecule has 0 unspecified atom stereocenters. The molecule has 6 nitrogen and oxygen atoms in total. The van der Waals surface area contributed by atoms with Crippen molar-refractivity contribution < 1.29 is 18.2 Å². The number of benzene rings is 1. The van der Waals surface area contributed by atoms with Crippen LogP contribution >= 0.6 is 12.3 Å². The number of halogens is 1. The Bertz CT molecular complexity index is 875. The van der Waals surface area contributed by atoms with Gasteiger partial charge in [0.2, 0.25) is 6.41 Å². The van der Waals surface area contributed by atoms with Crippen LogP contribution in [-0.4, -0.2) is 29.6 Å². The maximum atomic E-state index is 13.4. The highest BCUT2D eigenvalue weighted by molar-refractivity contribution is 7.92. The summed E-state index contributed by atoms with van der Waals surface area (Å²) in [6.07, 6.45) is 2.14. The first kappa shape index (κ1) is 16.1. The maximum absolute atomic E-state index is 13.4. The lowest BCUT2D eigenvalue weighted by atomic mass is 10.0. The van der Waals surface area contributed by atoms with Gasteiger partial charge >= 0.3 is 0 Å². The summed E-state index contributed by atoms with van der Waals surface area (Å²) in [5.74, 6) is 1.55. The molecule has 0 saturated carbocycles. The summed E-state index contributed by atoms with van der Waals surface area (Å²) >= 11 is 0.0239. The predicted octanol–water partition coefficient (Wildman–Crippen LogP) is 3.67. The average molecular weight is 347 g/mol. The summed E-state index contributed by atoms with van der Waals surface area (Å²) in [7, 11) is 3.12. The van der Waals surface area contributed by atoms with Crippen LogP contribution in [0.2, 0.25) is 0 Å². The lowest BCUT2D eigenvalue weighted by Gasteiger charge is -2.12. The number of rotatable bonds is 6. The van der Waals surface area contributed by atoms with Crippen molar-refractivity contribution in [3.63, 3.8) is 0 Å². The van der Waals surface area contributed by atoms with Crippen LogP contribution in [0.1, 0.15) is 0 Å². The number of nitrogens with one attached hydrogen (secondary N) is 1. The van der Waals surface area contributed by atoms with Gasteiger partial charge in [-0.25, -0.2) is 8.96 Å². The summed E-state index contributed by atoms with van der Waals surface area (Å²) in [6, 6.07) is 8.84. The molecular weight excluding hydrogens is 333 g/mol. The molecule has 2 aromatic heterocycles. The molecule has 0 spiro atoms. The van der Waals surface area contributed by atoms with Crippen LogP contribution in [0.15, 0.2) is 36.5 Å². The third-order valence-electron chi connectivity index (χ3n) is 3.60. The number of ether oxygens (including phenoxy) is 2. The number of anilines is 1. The number of hydrogen-bond acceptors (Lipinski definition) is 5. The number of aromatic nitrogens is 2. The molecule has 0 saturated heterocycles. The van der Waals surface area contributed by atoms with E-state index >= 15 is 0 Å². The number of carbonyl (C=O) groups excluding carboxylic acids is 1. The molecule has 124 valence electrons. The SMILES string of the molecule is COc1cccc(OC)c1-c1cn(SF)c2nc(NC=O)ccc12. The standard InChI is InChI=1S/C16H14FN3O3S/c1-22-12-4-3-5-13(23-2)15(12)11-8-20(24-17)16-10(11)6-7-14(19-16)18-9-21/h3-9H,1-2H3,(H,18,19,21). The van der Waals surface area contributed by atoms with Gasteiger partial charge in [-0.15, -0.1) is 3.89 Å². The van der Waals surface area contributed by atoms with Crippen molar-refractivity contribution in [2.24, 2.45) is 0 Å². The highest BCUT2D eigenvalue weighted by atomic mass is 32.2. The van der Waals surface area contributed by atoms with Crippen LogP contribution in [0, 0.1) is 0 Å². The van der Waals surface area contributed by atoms with E-state index in [-0.39, 0.29) is 12.3 Å². The molecule has 1 aromatic carbocycles. The fraction of sp³-hybridized carbons (Fsp3) is 0.125. The van der Waals surface area contributed by atoms with Crippen molar-refractivity contribution in [1.29, 1.82) is 0 Å². The molecule has 8 heteroatoms. The summed E-state index contributed by atoms with van der Waals surface area (Å²) in [5.41, 5.74) is 1.81. The Labute approximate surface area is 142 Å². The third-order valence-corrected chi connectivity index (χ3v) is 4.03. The first-order valence-corrected chi connectivity index (χ1v) is 7.63. The molecule has 0 atom stereocenters. The molecule has 0 aliphatic carbocycles. The molecule has 0 aliphatic rings. The topological polar surface area (TPSA) is 65.4 Å². The molecule has 24 heavy (non-hydrogen) atoms. The van der Waals surface area contributed by atoms with Crippen molar-refractivity contribution in [3.8, 4) is 22.6 Å². The molecule has 0 bridgehead atoms. The number of nitrogens with zero attached hydrogens (tertiary/aromatic N) is 2.